The zero-order valence-corrected chi connectivity index (χ0v) is 17.7. The summed E-state index contributed by atoms with van der Waals surface area (Å²) >= 11 is 0. The summed E-state index contributed by atoms with van der Waals surface area (Å²) in [5.41, 5.74) is -0.962. The highest BCUT2D eigenvalue weighted by molar-refractivity contribution is 6.04. The molecule has 164 valence electrons. The smallest absolute Gasteiger partial charge is 0.235 e. The van der Waals surface area contributed by atoms with E-state index < -0.39 is 35.5 Å². The van der Waals surface area contributed by atoms with Gasteiger partial charge in [-0.05, 0) is 51.7 Å². The summed E-state index contributed by atoms with van der Waals surface area (Å²) in [7, 11) is 0. The van der Waals surface area contributed by atoms with Crippen molar-refractivity contribution >= 4 is 17.5 Å². The van der Waals surface area contributed by atoms with Crippen molar-refractivity contribution in [2.24, 2.45) is 11.3 Å². The quantitative estimate of drug-likeness (QED) is 0.464. The van der Waals surface area contributed by atoms with Crippen molar-refractivity contribution in [2.75, 3.05) is 18.0 Å². The molecule has 3 atom stereocenters. The van der Waals surface area contributed by atoms with Crippen LogP contribution in [0.4, 0.5) is 10.1 Å². The Labute approximate surface area is 176 Å². The van der Waals surface area contributed by atoms with Crippen molar-refractivity contribution in [2.45, 2.75) is 52.0 Å². The molecule has 30 heavy (non-hydrogen) atoms. The van der Waals surface area contributed by atoms with Crippen LogP contribution in [0.25, 0.3) is 0 Å². The van der Waals surface area contributed by atoms with Gasteiger partial charge in [-0.2, -0.15) is 0 Å². The lowest BCUT2D eigenvalue weighted by atomic mass is 9.90. The number of carbonyl (C=O) groups is 2. The van der Waals surface area contributed by atoms with Crippen LogP contribution in [-0.4, -0.2) is 48.4 Å². The van der Waals surface area contributed by atoms with Gasteiger partial charge in [0.15, 0.2) is 6.23 Å². The van der Waals surface area contributed by atoms with E-state index in [0.717, 1.165) is 12.8 Å². The molecule has 0 spiro atoms. The minimum absolute atomic E-state index is 0.214. The zero-order chi connectivity index (χ0) is 22.1. The number of benzene rings is 1. The fourth-order valence-corrected chi connectivity index (χ4v) is 3.42. The molecule has 7 nitrogen and oxygen atoms in total. The molecule has 1 aromatic rings. The van der Waals surface area contributed by atoms with E-state index in [0.29, 0.717) is 23.9 Å². The number of aliphatic hydroxyl groups is 1. The van der Waals surface area contributed by atoms with Gasteiger partial charge in [0, 0.05) is 19.2 Å². The maximum Gasteiger partial charge on any atom is 0.235 e. The second kappa shape index (κ2) is 8.63. The van der Waals surface area contributed by atoms with Crippen LogP contribution in [0.3, 0.4) is 0 Å². The maximum absolute atomic E-state index is 13.8. The molecule has 2 amide bonds. The lowest BCUT2D eigenvalue weighted by Crippen LogP contribution is -2.60. The molecule has 1 aliphatic carbocycles. The number of fused-ring (bicyclic) bond motifs is 1. The van der Waals surface area contributed by atoms with Crippen molar-refractivity contribution in [3.63, 3.8) is 0 Å². The Morgan fingerprint density at radius 3 is 2.70 bits per heavy atom. The predicted octanol–water partition coefficient (Wildman–Crippen LogP) is 1.95. The number of carbonyl (C=O) groups excluding carboxylic acids is 2. The van der Waals surface area contributed by atoms with E-state index >= 15 is 0 Å². The van der Waals surface area contributed by atoms with Gasteiger partial charge in [0.05, 0.1) is 5.69 Å². The first-order chi connectivity index (χ1) is 14.1. The van der Waals surface area contributed by atoms with Gasteiger partial charge in [-0.1, -0.05) is 6.08 Å². The molecule has 1 heterocycles. The lowest BCUT2D eigenvalue weighted by molar-refractivity contribution is -0.142. The predicted molar refractivity (Wildman–Crippen MR) is 111 cm³/mol. The van der Waals surface area contributed by atoms with Gasteiger partial charge in [0.2, 0.25) is 11.8 Å². The van der Waals surface area contributed by atoms with Gasteiger partial charge in [0.25, 0.3) is 0 Å². The Morgan fingerprint density at radius 2 is 2.07 bits per heavy atom. The molecule has 3 unspecified atom stereocenters. The van der Waals surface area contributed by atoms with Crippen LogP contribution in [0.1, 0.15) is 33.6 Å². The van der Waals surface area contributed by atoms with Crippen LogP contribution >= 0.6 is 0 Å². The third-order valence-corrected chi connectivity index (χ3v) is 5.70. The van der Waals surface area contributed by atoms with Crippen LogP contribution < -0.4 is 20.3 Å². The average Bonchev–Trinajstić information content (AvgIpc) is 3.53. The second-order valence-corrected chi connectivity index (χ2v) is 8.57. The molecule has 1 aromatic carbocycles. The van der Waals surface area contributed by atoms with Crippen LogP contribution in [0.15, 0.2) is 30.9 Å². The van der Waals surface area contributed by atoms with Crippen molar-refractivity contribution in [3.05, 3.63) is 36.7 Å². The van der Waals surface area contributed by atoms with Crippen LogP contribution in [-0.2, 0) is 9.59 Å². The zero-order valence-electron chi connectivity index (χ0n) is 17.7. The maximum atomic E-state index is 13.8. The van der Waals surface area contributed by atoms with Gasteiger partial charge in [0.1, 0.15) is 29.1 Å². The molecule has 0 saturated heterocycles. The summed E-state index contributed by atoms with van der Waals surface area (Å²) in [4.78, 5) is 27.1. The van der Waals surface area contributed by atoms with Crippen LogP contribution in [0.5, 0.6) is 5.75 Å². The highest BCUT2D eigenvalue weighted by atomic mass is 19.1. The van der Waals surface area contributed by atoms with Gasteiger partial charge in [-0.25, -0.2) is 4.39 Å². The van der Waals surface area contributed by atoms with Crippen LogP contribution in [0.2, 0.25) is 0 Å². The summed E-state index contributed by atoms with van der Waals surface area (Å²) in [6.45, 7) is 9.27. The Balaban J connectivity index is 1.79. The first-order valence-corrected chi connectivity index (χ1v) is 10.3. The average molecular weight is 419 g/mol. The molecule has 8 heteroatoms. The van der Waals surface area contributed by atoms with Crippen molar-refractivity contribution < 1.29 is 23.8 Å². The van der Waals surface area contributed by atoms with Crippen molar-refractivity contribution in [1.82, 2.24) is 10.6 Å². The number of nitrogens with zero attached hydrogens (tertiary/aromatic N) is 1. The molecular formula is C22H30FN3O4. The van der Waals surface area contributed by atoms with Gasteiger partial charge in [-0.15, -0.1) is 6.58 Å². The van der Waals surface area contributed by atoms with E-state index in [9.17, 15) is 19.1 Å². The highest BCUT2D eigenvalue weighted by Crippen LogP contribution is 2.35. The number of ether oxygens (including phenoxy) is 1. The number of hydrogen-bond acceptors (Lipinski definition) is 5. The fourth-order valence-electron chi connectivity index (χ4n) is 3.42. The molecule has 2 aliphatic rings. The van der Waals surface area contributed by atoms with E-state index in [1.807, 2.05) is 0 Å². The largest absolute Gasteiger partial charge is 0.486 e. The summed E-state index contributed by atoms with van der Waals surface area (Å²) in [5.74, 6) is -0.468. The molecule has 0 radical (unpaired) electrons. The first-order valence-electron chi connectivity index (χ1n) is 10.3. The van der Waals surface area contributed by atoms with Gasteiger partial charge < -0.3 is 25.4 Å². The molecule has 1 aliphatic heterocycles. The Hall–Kier alpha value is -2.61. The minimum Gasteiger partial charge on any atom is -0.486 e. The number of hydrogen-bond donors (Lipinski definition) is 3. The van der Waals surface area contributed by atoms with Crippen LogP contribution in [0, 0.1) is 17.2 Å². The Bertz CT molecular complexity index is 825. The molecule has 1 saturated carbocycles. The topological polar surface area (TPSA) is 90.9 Å². The molecule has 1 fully saturated rings. The highest BCUT2D eigenvalue weighted by Gasteiger charge is 2.42. The fraction of sp³-hybridized carbons (Fsp3) is 0.545. The van der Waals surface area contributed by atoms with E-state index in [1.165, 1.54) is 23.1 Å². The number of nitrogens with one attached hydrogen (secondary N) is 2. The molecule has 3 N–H and O–H groups in total. The number of anilines is 1. The van der Waals surface area contributed by atoms with E-state index in [4.69, 9.17) is 4.74 Å². The first kappa shape index (κ1) is 22.1. The molecular weight excluding hydrogens is 389 g/mol. The lowest BCUT2D eigenvalue weighted by Gasteiger charge is -2.35. The number of rotatable bonds is 7. The summed E-state index contributed by atoms with van der Waals surface area (Å²) in [6, 6.07) is 3.18. The number of halogens is 1. The van der Waals surface area contributed by atoms with Crippen molar-refractivity contribution in [3.8, 4) is 5.75 Å². The number of amides is 2. The van der Waals surface area contributed by atoms with Gasteiger partial charge in [-0.3, -0.25) is 9.59 Å². The second-order valence-electron chi connectivity index (χ2n) is 8.57. The third kappa shape index (κ3) is 4.59. The van der Waals surface area contributed by atoms with Gasteiger partial charge >= 0.3 is 0 Å². The normalized spacial score (nSPS) is 23.6. The van der Waals surface area contributed by atoms with E-state index in [2.05, 4.69) is 17.2 Å². The Morgan fingerprint density at radius 1 is 1.37 bits per heavy atom. The summed E-state index contributed by atoms with van der Waals surface area (Å²) in [6.07, 6.45) is 1.91. The molecule has 3 rings (SSSR count). The van der Waals surface area contributed by atoms with E-state index in [-0.39, 0.29) is 12.5 Å². The van der Waals surface area contributed by atoms with Crippen molar-refractivity contribution in [1.29, 1.82) is 0 Å². The Kier molecular flexibility index (Phi) is 6.36. The number of aliphatic hydroxyl groups excluding tert-OH is 1. The van der Waals surface area contributed by atoms with E-state index in [1.54, 1.807) is 26.8 Å². The minimum atomic E-state index is -1.33. The SMILES string of the molecule is C=CCN1c2cc(F)ccc2OC(C)C(NC(=O)C(C)(C)C(=O)NCC2CC2)C1O. The monoisotopic (exact) mass is 419 g/mol. The summed E-state index contributed by atoms with van der Waals surface area (Å²) < 4.78 is 19.8. The molecule has 0 bridgehead atoms. The standard InChI is InChI=1S/C22H30FN3O4/c1-5-10-26-16-11-15(23)8-9-17(16)30-13(2)18(19(26)27)25-21(29)22(3,4)20(28)24-12-14-6-7-14/h5,8-9,11,13-14,18-19,27H,1,6-7,10,12H2,2-4H3,(H,24,28)(H,25,29). The molecule has 0 aromatic heterocycles. The third-order valence-electron chi connectivity index (χ3n) is 5.70. The summed E-state index contributed by atoms with van der Waals surface area (Å²) in [5, 5.41) is 16.7.